The van der Waals surface area contributed by atoms with Gasteiger partial charge in [0.15, 0.2) is 5.69 Å². The van der Waals surface area contributed by atoms with E-state index < -0.39 is 98.4 Å². The molecule has 5 aliphatic rings. The number of aromatic nitrogens is 6. The molecule has 5 amide bonds. The van der Waals surface area contributed by atoms with E-state index in [1.165, 1.54) is 19.9 Å². The summed E-state index contributed by atoms with van der Waals surface area (Å²) in [5, 5.41) is 0. The van der Waals surface area contributed by atoms with Crippen molar-refractivity contribution in [2.75, 3.05) is 32.7 Å². The fraction of sp³-hybridized carbons (Fsp3) is 0.359. The van der Waals surface area contributed by atoms with Crippen molar-refractivity contribution in [3.8, 4) is 56.3 Å². The summed E-state index contributed by atoms with van der Waals surface area (Å²) in [6.07, 6.45) is -14.3. The molecule has 5 fully saturated rings. The third kappa shape index (κ3) is 25.1. The van der Waals surface area contributed by atoms with Crippen LogP contribution in [0.2, 0.25) is 0 Å². The fourth-order valence-electron chi connectivity index (χ4n) is 14.9. The van der Waals surface area contributed by atoms with E-state index in [0.29, 0.717) is 119 Å². The number of aryl methyl sites for hydroxylation is 2. The highest BCUT2D eigenvalue weighted by Crippen LogP contribution is 2.40. The molecule has 0 spiro atoms. The van der Waals surface area contributed by atoms with E-state index in [9.17, 15) is 112 Å². The van der Waals surface area contributed by atoms with Crippen LogP contribution in [0.4, 0.5) is 87.8 Å². The van der Waals surface area contributed by atoms with Crippen molar-refractivity contribution >= 4 is 29.5 Å². The second-order valence-corrected chi connectivity index (χ2v) is 30.9. The highest BCUT2D eigenvalue weighted by atomic mass is 19.4. The van der Waals surface area contributed by atoms with Crippen molar-refractivity contribution in [2.45, 2.75) is 181 Å². The van der Waals surface area contributed by atoms with Crippen LogP contribution in [0.15, 0.2) is 164 Å². The van der Waals surface area contributed by atoms with E-state index in [1.54, 1.807) is 146 Å². The Balaban J connectivity index is 0.000000155. The summed E-state index contributed by atoms with van der Waals surface area (Å²) in [6, 6.07) is 39.7. The van der Waals surface area contributed by atoms with Crippen molar-refractivity contribution in [2.24, 2.45) is 0 Å². The lowest BCUT2D eigenvalue weighted by molar-refractivity contribution is -0.145. The number of carbonyl (C=O) groups is 5. The number of amides is 5. The molecule has 0 aliphatic carbocycles. The quantitative estimate of drug-likeness (QED) is 0.0663. The van der Waals surface area contributed by atoms with Crippen LogP contribution in [0.1, 0.15) is 166 Å². The maximum Gasteiger partial charge on any atom is 0.451 e. The van der Waals surface area contributed by atoms with Crippen LogP contribution in [0.25, 0.3) is 56.3 Å². The maximum absolute atomic E-state index is 13.4. The number of piperidine rings is 1. The summed E-state index contributed by atoms with van der Waals surface area (Å²) in [6.45, 7) is 3.92. The summed E-state index contributed by atoms with van der Waals surface area (Å²) in [7, 11) is 0. The zero-order valence-corrected chi connectivity index (χ0v) is 69.0. The Labute approximate surface area is 722 Å². The maximum atomic E-state index is 13.4. The summed E-state index contributed by atoms with van der Waals surface area (Å²) >= 11 is 0. The molecular weight excluding hydrogens is 1720 g/mol. The van der Waals surface area contributed by atoms with Crippen molar-refractivity contribution in [1.29, 1.82) is 0 Å². The molecule has 0 unspecified atom stereocenters. The Morgan fingerprint density at radius 1 is 0.289 bits per heavy atom. The molecular formula is C92H85F20N11O5. The molecule has 10 heterocycles. The number of carbonyl (C=O) groups excluding carboxylic acids is 5. The Bertz CT molecular complexity index is 5410. The van der Waals surface area contributed by atoms with E-state index >= 15 is 0 Å². The van der Waals surface area contributed by atoms with Crippen LogP contribution in [-0.4, -0.2) is 117 Å². The molecule has 5 aromatic carbocycles. The van der Waals surface area contributed by atoms with Gasteiger partial charge in [0.1, 0.15) is 50.5 Å². The van der Waals surface area contributed by atoms with Crippen LogP contribution in [0.3, 0.4) is 0 Å². The van der Waals surface area contributed by atoms with Crippen molar-refractivity contribution in [1.82, 2.24) is 54.4 Å². The normalized spacial score (nSPS) is 15.1. The van der Waals surface area contributed by atoms with Gasteiger partial charge in [-0.1, -0.05) is 133 Å². The lowest BCUT2D eigenvalue weighted by atomic mass is 10.00. The van der Waals surface area contributed by atoms with Gasteiger partial charge in [0.25, 0.3) is 0 Å². The predicted molar refractivity (Wildman–Crippen MR) is 433 cm³/mol. The average Bonchev–Trinajstić information content (AvgIpc) is 1.06. The molecule has 128 heavy (non-hydrogen) atoms. The van der Waals surface area contributed by atoms with Crippen molar-refractivity contribution in [3.63, 3.8) is 0 Å². The summed E-state index contributed by atoms with van der Waals surface area (Å²) in [5.41, 5.74) is 2.62. The Hall–Kier alpha value is -12.3. The molecule has 16 nitrogen and oxygen atoms in total. The first-order chi connectivity index (χ1) is 60.7. The minimum Gasteiger partial charge on any atom is -0.338 e. The van der Waals surface area contributed by atoms with E-state index in [4.69, 9.17) is 0 Å². The van der Waals surface area contributed by atoms with E-state index in [1.807, 2.05) is 0 Å². The van der Waals surface area contributed by atoms with Gasteiger partial charge in [-0.25, -0.2) is 51.9 Å². The van der Waals surface area contributed by atoms with Gasteiger partial charge >= 0.3 is 30.9 Å². The number of halogens is 20. The van der Waals surface area contributed by atoms with Gasteiger partial charge in [0.05, 0.1) is 28.5 Å². The molecule has 0 radical (unpaired) electrons. The molecule has 0 N–H and O–H groups in total. The van der Waals surface area contributed by atoms with Gasteiger partial charge in [-0.2, -0.15) is 65.9 Å². The molecule has 36 heteroatoms. The molecule has 0 saturated carbocycles. The smallest absolute Gasteiger partial charge is 0.338 e. The standard InChI is InChI=1S/C20H20F4N2O.C19H18F4N2O.2C18H16F4N2O.C17H15F4N3O/c1-13-10-17(20(22,23)24)25-19(16(13)11-21)15-7-5-14(6-8-15)12-26-9-3-2-4-18(26)27;1-12-9-16(19(21,22)23)24-18(15(12)10-20)14-6-4-13(5-7-14)11-25-8-2-3-17(25)26;19-10-14-7-8-15(18(20,21)22)23-17(14)13-5-3-12(4-6-13)11-24-9-1-2-16(24)25;19-10-14-7-8-15(23-17(14)18(20,21)22)13-5-3-12(4-6-13)11-24-9-1-2-16(24)25;18-8-13-9-22-16(17(19,20)21)23-15(13)12-5-3-11(4-6-12)10-24-7-1-2-14(24)25/h5-8,10H,2-4,9,11-12H2,1H3;4-7,9H,2-3,8,10-11H2,1H3;2*3-8H,1-2,9-11H2;3-6,9H,1-2,7-8,10H2. The Morgan fingerprint density at radius 3 is 0.898 bits per heavy atom. The van der Waals surface area contributed by atoms with Gasteiger partial charge < -0.3 is 24.5 Å². The van der Waals surface area contributed by atoms with E-state index in [0.717, 1.165) is 109 Å². The zero-order chi connectivity index (χ0) is 92.6. The highest BCUT2D eigenvalue weighted by Gasteiger charge is 2.40. The number of pyridine rings is 4. The summed E-state index contributed by atoms with van der Waals surface area (Å²) < 4.78 is 260. The van der Waals surface area contributed by atoms with Crippen molar-refractivity contribution in [3.05, 3.63) is 259 Å². The first kappa shape index (κ1) is 96.4. The number of hydrogen-bond acceptors (Lipinski definition) is 11. The van der Waals surface area contributed by atoms with Gasteiger partial charge in [-0.05, 0) is 116 Å². The summed E-state index contributed by atoms with van der Waals surface area (Å²) in [5.74, 6) is -0.782. The zero-order valence-electron chi connectivity index (χ0n) is 69.0. The molecule has 5 aromatic heterocycles. The fourth-order valence-corrected chi connectivity index (χ4v) is 14.9. The number of rotatable bonds is 20. The molecule has 5 saturated heterocycles. The molecule has 678 valence electrons. The van der Waals surface area contributed by atoms with Crippen LogP contribution in [-0.2, 0) is 121 Å². The van der Waals surface area contributed by atoms with Gasteiger partial charge in [0.2, 0.25) is 35.4 Å². The Kier molecular flexibility index (Phi) is 31.7. The van der Waals surface area contributed by atoms with E-state index in [2.05, 4.69) is 29.9 Å². The first-order valence-corrected chi connectivity index (χ1v) is 40.6. The molecule has 10 aromatic rings. The Morgan fingerprint density at radius 2 is 0.594 bits per heavy atom. The number of nitrogens with zero attached hydrogens (tertiary/aromatic N) is 11. The largest absolute Gasteiger partial charge is 0.451 e. The molecule has 0 bridgehead atoms. The van der Waals surface area contributed by atoms with Gasteiger partial charge in [0, 0.05) is 159 Å². The second kappa shape index (κ2) is 42.1. The first-order valence-electron chi connectivity index (χ1n) is 40.6. The third-order valence-corrected chi connectivity index (χ3v) is 21.7. The van der Waals surface area contributed by atoms with Crippen LogP contribution < -0.4 is 0 Å². The SMILES string of the molecule is Cc1cc(C(F)(F)F)nc(-c2ccc(CN3CCCC3=O)cc2)c1CF.Cc1cc(C(F)(F)F)nc(-c2ccc(CN3CCCCC3=O)cc2)c1CF.O=C1CCCN1Cc1ccc(-c2ccc(CF)c(C(F)(F)F)n2)cc1.O=C1CCCN1Cc1ccc(-c2nc(C(F)(F)F)ccc2CF)cc1.O=C1CCCN1Cc1ccc(-c2nc(C(F)(F)F)ncc2CF)cc1. The third-order valence-electron chi connectivity index (χ3n) is 21.7. The highest BCUT2D eigenvalue weighted by molar-refractivity contribution is 5.80. The average molecular weight is 1800 g/mol. The van der Waals surface area contributed by atoms with Crippen LogP contribution in [0.5, 0.6) is 0 Å². The van der Waals surface area contributed by atoms with Crippen LogP contribution in [0, 0.1) is 13.8 Å². The van der Waals surface area contributed by atoms with Gasteiger partial charge in [-0.3, -0.25) is 24.0 Å². The number of benzene rings is 5. The molecule has 15 rings (SSSR count). The molecule has 5 aliphatic heterocycles. The van der Waals surface area contributed by atoms with Gasteiger partial charge in [-0.15, -0.1) is 0 Å². The minimum absolute atomic E-state index is 0.00336. The lowest BCUT2D eigenvalue weighted by Gasteiger charge is -2.26. The number of alkyl halides is 20. The number of likely N-dealkylation sites (tertiary alicyclic amines) is 5. The van der Waals surface area contributed by atoms with Crippen LogP contribution >= 0.6 is 0 Å². The van der Waals surface area contributed by atoms with Crippen molar-refractivity contribution < 1.29 is 112 Å². The van der Waals surface area contributed by atoms with E-state index in [-0.39, 0.29) is 91.4 Å². The predicted octanol–water partition coefficient (Wildman–Crippen LogP) is 22.2. The summed E-state index contributed by atoms with van der Waals surface area (Å²) in [4.78, 5) is 88.5. The lowest BCUT2D eigenvalue weighted by Crippen LogP contribution is -2.34. The molecule has 0 atom stereocenters. The number of hydrogen-bond donors (Lipinski definition) is 0. The monoisotopic (exact) mass is 1800 g/mol. The second-order valence-electron chi connectivity index (χ2n) is 30.9. The topological polar surface area (TPSA) is 179 Å². The minimum atomic E-state index is -4.70.